The molecule has 6 nitrogen and oxygen atoms in total. The Balaban J connectivity index is 1.89. The Labute approximate surface area is 86.9 Å². The number of nitrogens with zero attached hydrogens (tertiary/aromatic N) is 4. The monoisotopic (exact) mass is 208 g/mol. The van der Waals surface area contributed by atoms with E-state index in [-0.39, 0.29) is 18.2 Å². The second kappa shape index (κ2) is 4.20. The lowest BCUT2D eigenvalue weighted by Crippen LogP contribution is -2.40. The van der Waals surface area contributed by atoms with Crippen LogP contribution in [0.1, 0.15) is 12.8 Å². The predicted octanol–water partition coefficient (Wildman–Crippen LogP) is -0.530. The molecule has 1 saturated heterocycles. The third-order valence-electron chi connectivity index (χ3n) is 2.44. The second-order valence-corrected chi connectivity index (χ2v) is 3.51. The molecular formula is C9H12N4O2. The Morgan fingerprint density at radius 3 is 2.73 bits per heavy atom. The van der Waals surface area contributed by atoms with Gasteiger partial charge in [0.25, 0.3) is 0 Å². The van der Waals surface area contributed by atoms with Crippen molar-refractivity contribution in [1.29, 1.82) is 0 Å². The maximum atomic E-state index is 11.7. The van der Waals surface area contributed by atoms with Crippen LogP contribution < -0.4 is 0 Å². The molecule has 2 rings (SSSR count). The summed E-state index contributed by atoms with van der Waals surface area (Å²) in [5, 5.41) is 3.86. The zero-order valence-corrected chi connectivity index (χ0v) is 8.30. The van der Waals surface area contributed by atoms with E-state index in [9.17, 15) is 9.59 Å². The van der Waals surface area contributed by atoms with E-state index >= 15 is 0 Å². The SMILES string of the molecule is O=C1CCN(C(=O)Cn2cncn2)CC1. The van der Waals surface area contributed by atoms with Crippen LogP contribution in [0.2, 0.25) is 0 Å². The predicted molar refractivity (Wildman–Crippen MR) is 50.8 cm³/mol. The molecule has 1 aromatic heterocycles. The molecule has 1 aliphatic heterocycles. The zero-order chi connectivity index (χ0) is 10.7. The molecule has 1 amide bonds. The molecule has 1 fully saturated rings. The number of carbonyl (C=O) groups is 2. The van der Waals surface area contributed by atoms with Gasteiger partial charge in [-0.2, -0.15) is 5.10 Å². The molecule has 0 aromatic carbocycles. The third kappa shape index (κ3) is 2.39. The first-order valence-corrected chi connectivity index (χ1v) is 4.87. The first-order valence-electron chi connectivity index (χ1n) is 4.87. The van der Waals surface area contributed by atoms with Gasteiger partial charge in [0.05, 0.1) is 0 Å². The molecule has 0 saturated carbocycles. The van der Waals surface area contributed by atoms with Crippen LogP contribution in [-0.4, -0.2) is 44.4 Å². The van der Waals surface area contributed by atoms with Crippen LogP contribution in [0, 0.1) is 0 Å². The van der Waals surface area contributed by atoms with Gasteiger partial charge < -0.3 is 4.90 Å². The van der Waals surface area contributed by atoms with Crippen LogP contribution in [0.3, 0.4) is 0 Å². The average Bonchev–Trinajstić information content (AvgIpc) is 2.71. The van der Waals surface area contributed by atoms with Gasteiger partial charge in [0.2, 0.25) is 5.91 Å². The number of likely N-dealkylation sites (tertiary alicyclic amines) is 1. The minimum atomic E-state index is -0.00648. The Morgan fingerprint density at radius 1 is 1.40 bits per heavy atom. The largest absolute Gasteiger partial charge is 0.340 e. The number of hydrogen-bond donors (Lipinski definition) is 0. The van der Waals surface area contributed by atoms with E-state index in [2.05, 4.69) is 10.1 Å². The highest BCUT2D eigenvalue weighted by molar-refractivity contribution is 5.83. The Bertz CT molecular complexity index is 350. The molecule has 0 radical (unpaired) electrons. The van der Waals surface area contributed by atoms with Crippen molar-refractivity contribution in [2.45, 2.75) is 19.4 Å². The third-order valence-corrected chi connectivity index (χ3v) is 2.44. The van der Waals surface area contributed by atoms with E-state index < -0.39 is 0 Å². The summed E-state index contributed by atoms with van der Waals surface area (Å²) in [7, 11) is 0. The first kappa shape index (κ1) is 9.82. The lowest BCUT2D eigenvalue weighted by atomic mass is 10.1. The van der Waals surface area contributed by atoms with Gasteiger partial charge in [-0.3, -0.25) is 9.59 Å². The molecule has 0 atom stereocenters. The number of Topliss-reactive ketones (excluding diaryl/α,β-unsaturated/α-hetero) is 1. The van der Waals surface area contributed by atoms with E-state index in [1.54, 1.807) is 4.90 Å². The molecule has 0 spiro atoms. The van der Waals surface area contributed by atoms with Gasteiger partial charge in [0, 0.05) is 25.9 Å². The number of hydrogen-bond acceptors (Lipinski definition) is 4. The molecule has 6 heteroatoms. The van der Waals surface area contributed by atoms with Crippen molar-refractivity contribution in [3.05, 3.63) is 12.7 Å². The van der Waals surface area contributed by atoms with Crippen LogP contribution in [0.5, 0.6) is 0 Å². The van der Waals surface area contributed by atoms with Gasteiger partial charge in [-0.1, -0.05) is 0 Å². The van der Waals surface area contributed by atoms with Crippen LogP contribution in [-0.2, 0) is 16.1 Å². The number of rotatable bonds is 2. The normalized spacial score (nSPS) is 16.8. The Kier molecular flexibility index (Phi) is 2.75. The molecule has 0 N–H and O–H groups in total. The topological polar surface area (TPSA) is 68.1 Å². The molecule has 0 unspecified atom stereocenters. The number of ketones is 1. The van der Waals surface area contributed by atoms with E-state index in [1.165, 1.54) is 17.3 Å². The zero-order valence-electron chi connectivity index (χ0n) is 8.30. The number of carbonyl (C=O) groups excluding carboxylic acids is 2. The van der Waals surface area contributed by atoms with Gasteiger partial charge in [-0.25, -0.2) is 9.67 Å². The van der Waals surface area contributed by atoms with Crippen molar-refractivity contribution in [3.63, 3.8) is 0 Å². The highest BCUT2D eigenvalue weighted by atomic mass is 16.2. The Morgan fingerprint density at radius 2 is 2.13 bits per heavy atom. The van der Waals surface area contributed by atoms with E-state index in [1.807, 2.05) is 0 Å². The smallest absolute Gasteiger partial charge is 0.244 e. The minimum absolute atomic E-state index is 0.00648. The minimum Gasteiger partial charge on any atom is -0.340 e. The number of amides is 1. The molecule has 2 heterocycles. The average molecular weight is 208 g/mol. The van der Waals surface area contributed by atoms with E-state index in [0.29, 0.717) is 25.9 Å². The highest BCUT2D eigenvalue weighted by Crippen LogP contribution is 2.06. The molecule has 0 bridgehead atoms. The number of piperidine rings is 1. The van der Waals surface area contributed by atoms with Crippen molar-refractivity contribution in [2.24, 2.45) is 0 Å². The van der Waals surface area contributed by atoms with Crippen molar-refractivity contribution in [1.82, 2.24) is 19.7 Å². The maximum Gasteiger partial charge on any atom is 0.244 e. The summed E-state index contributed by atoms with van der Waals surface area (Å²) in [6.07, 6.45) is 3.85. The number of aromatic nitrogens is 3. The van der Waals surface area contributed by atoms with Gasteiger partial charge >= 0.3 is 0 Å². The van der Waals surface area contributed by atoms with Crippen LogP contribution in [0.15, 0.2) is 12.7 Å². The molecular weight excluding hydrogens is 196 g/mol. The molecule has 0 aliphatic carbocycles. The van der Waals surface area contributed by atoms with Crippen LogP contribution in [0.25, 0.3) is 0 Å². The fourth-order valence-corrected chi connectivity index (χ4v) is 1.56. The summed E-state index contributed by atoms with van der Waals surface area (Å²) in [5.41, 5.74) is 0. The summed E-state index contributed by atoms with van der Waals surface area (Å²) in [6.45, 7) is 1.27. The summed E-state index contributed by atoms with van der Waals surface area (Å²) >= 11 is 0. The summed E-state index contributed by atoms with van der Waals surface area (Å²) in [6, 6.07) is 0. The fraction of sp³-hybridized carbons (Fsp3) is 0.556. The van der Waals surface area contributed by atoms with E-state index in [4.69, 9.17) is 0 Å². The summed E-state index contributed by atoms with van der Waals surface area (Å²) in [5.74, 6) is 0.229. The highest BCUT2D eigenvalue weighted by Gasteiger charge is 2.20. The van der Waals surface area contributed by atoms with Crippen LogP contribution >= 0.6 is 0 Å². The second-order valence-electron chi connectivity index (χ2n) is 3.51. The van der Waals surface area contributed by atoms with Gasteiger partial charge in [0.15, 0.2) is 0 Å². The van der Waals surface area contributed by atoms with Crippen LogP contribution in [0.4, 0.5) is 0 Å². The summed E-state index contributed by atoms with van der Waals surface area (Å²) in [4.78, 5) is 28.1. The first-order chi connectivity index (χ1) is 7.25. The molecule has 80 valence electrons. The molecule has 15 heavy (non-hydrogen) atoms. The fourth-order valence-electron chi connectivity index (χ4n) is 1.56. The Hall–Kier alpha value is -1.72. The molecule has 1 aliphatic rings. The van der Waals surface area contributed by atoms with Gasteiger partial charge in [-0.05, 0) is 0 Å². The summed E-state index contributed by atoms with van der Waals surface area (Å²) < 4.78 is 1.48. The quantitative estimate of drug-likeness (QED) is 0.655. The van der Waals surface area contributed by atoms with Crippen molar-refractivity contribution < 1.29 is 9.59 Å². The lowest BCUT2D eigenvalue weighted by molar-refractivity contribution is -0.135. The van der Waals surface area contributed by atoms with E-state index in [0.717, 1.165) is 0 Å². The standard InChI is InChI=1S/C9H12N4O2/c14-8-1-3-12(4-2-8)9(15)5-13-7-10-6-11-13/h6-7H,1-5H2. The molecule has 1 aromatic rings. The van der Waals surface area contributed by atoms with Crippen molar-refractivity contribution >= 4 is 11.7 Å². The van der Waals surface area contributed by atoms with Gasteiger partial charge in [-0.15, -0.1) is 0 Å². The lowest BCUT2D eigenvalue weighted by Gasteiger charge is -2.25. The maximum absolute atomic E-state index is 11.7. The van der Waals surface area contributed by atoms with Crippen molar-refractivity contribution in [2.75, 3.05) is 13.1 Å². The van der Waals surface area contributed by atoms with Crippen molar-refractivity contribution in [3.8, 4) is 0 Å². The van der Waals surface area contributed by atoms with Gasteiger partial charge in [0.1, 0.15) is 25.0 Å².